The van der Waals surface area contributed by atoms with E-state index >= 15 is 0 Å². The molecule has 1 rings (SSSR count). The first-order valence-corrected chi connectivity index (χ1v) is 5.14. The monoisotopic (exact) mass is 223 g/mol. The summed E-state index contributed by atoms with van der Waals surface area (Å²) in [6.45, 7) is 0. The summed E-state index contributed by atoms with van der Waals surface area (Å²) >= 11 is 0. The van der Waals surface area contributed by atoms with E-state index in [0.29, 0.717) is 0 Å². The number of carbonyl (C=O) groups excluding carboxylic acids is 1. The molecule has 1 atom stereocenters. The minimum atomic E-state index is -4.13. The zero-order valence-corrected chi connectivity index (χ0v) is 10.9. The van der Waals surface area contributed by atoms with Crippen LogP contribution in [0.25, 0.3) is 0 Å². The Labute approximate surface area is 104 Å². The van der Waals surface area contributed by atoms with E-state index in [9.17, 15) is 9.36 Å². The van der Waals surface area contributed by atoms with Gasteiger partial charge in [-0.2, -0.15) is 0 Å². The van der Waals surface area contributed by atoms with Crippen molar-refractivity contribution in [3.8, 4) is 0 Å². The smallest absolute Gasteiger partial charge is 0.319 e. The molecule has 6 heteroatoms. The Morgan fingerprint density at radius 2 is 1.86 bits per heavy atom. The second-order valence-corrected chi connectivity index (χ2v) is 4.19. The SMILES string of the molecule is COP(=O)(O)C(=O)c1ccccc1.[Na]. The molecule has 0 saturated heterocycles. The van der Waals surface area contributed by atoms with Crippen LogP contribution in [0.4, 0.5) is 0 Å². The molecule has 0 bridgehead atoms. The maximum atomic E-state index is 11.3. The van der Waals surface area contributed by atoms with Crippen molar-refractivity contribution in [2.45, 2.75) is 0 Å². The fourth-order valence-electron chi connectivity index (χ4n) is 0.827. The number of rotatable bonds is 3. The quantitative estimate of drug-likeness (QED) is 0.619. The van der Waals surface area contributed by atoms with Crippen molar-refractivity contribution < 1.29 is 18.8 Å². The molecule has 0 fully saturated rings. The molecule has 14 heavy (non-hydrogen) atoms. The normalized spacial score (nSPS) is 13.9. The fourth-order valence-corrected chi connectivity index (χ4v) is 1.47. The second kappa shape index (κ2) is 5.81. The van der Waals surface area contributed by atoms with Crippen molar-refractivity contribution in [2.24, 2.45) is 0 Å². The molecule has 0 spiro atoms. The Hall–Kier alpha value is 0.0400. The van der Waals surface area contributed by atoms with Crippen LogP contribution < -0.4 is 0 Å². The Bertz CT molecular complexity index is 352. The summed E-state index contributed by atoms with van der Waals surface area (Å²) in [6, 6.07) is 7.87. The second-order valence-electron chi connectivity index (χ2n) is 2.37. The molecule has 1 radical (unpaired) electrons. The molecular formula is C8H9NaO4P. The van der Waals surface area contributed by atoms with Gasteiger partial charge in [0.25, 0.3) is 5.52 Å². The molecule has 0 saturated carbocycles. The van der Waals surface area contributed by atoms with Gasteiger partial charge in [-0.05, 0) is 0 Å². The van der Waals surface area contributed by atoms with Crippen molar-refractivity contribution in [3.05, 3.63) is 35.9 Å². The average Bonchev–Trinajstić information content (AvgIpc) is 2.18. The van der Waals surface area contributed by atoms with Gasteiger partial charge in [0, 0.05) is 42.2 Å². The van der Waals surface area contributed by atoms with E-state index in [4.69, 9.17) is 4.89 Å². The molecule has 0 aliphatic heterocycles. The standard InChI is InChI=1S/C8H9O4P.Na/c1-12-13(10,11)8(9)7-5-3-2-4-6-7;/h2-6H,1H3,(H,10,11);. The van der Waals surface area contributed by atoms with Crippen LogP contribution in [0.1, 0.15) is 10.4 Å². The van der Waals surface area contributed by atoms with Gasteiger partial charge in [-0.25, -0.2) is 0 Å². The van der Waals surface area contributed by atoms with E-state index in [-0.39, 0.29) is 35.1 Å². The topological polar surface area (TPSA) is 63.6 Å². The van der Waals surface area contributed by atoms with Gasteiger partial charge >= 0.3 is 7.60 Å². The van der Waals surface area contributed by atoms with E-state index in [1.165, 1.54) is 12.1 Å². The van der Waals surface area contributed by atoms with Crippen molar-refractivity contribution >= 4 is 42.7 Å². The number of carbonyl (C=O) groups is 1. The molecular weight excluding hydrogens is 214 g/mol. The Kier molecular flexibility index (Phi) is 5.83. The van der Waals surface area contributed by atoms with Gasteiger partial charge in [-0.15, -0.1) is 0 Å². The van der Waals surface area contributed by atoms with E-state index in [1.54, 1.807) is 18.2 Å². The molecule has 0 aliphatic carbocycles. The van der Waals surface area contributed by atoms with Crippen LogP contribution in [-0.2, 0) is 9.09 Å². The third kappa shape index (κ3) is 3.31. The van der Waals surface area contributed by atoms with Crippen LogP contribution in [0.3, 0.4) is 0 Å². The van der Waals surface area contributed by atoms with Crippen molar-refractivity contribution in [1.82, 2.24) is 0 Å². The Balaban J connectivity index is 0.00000169. The van der Waals surface area contributed by atoms with Crippen LogP contribution in [0.2, 0.25) is 0 Å². The van der Waals surface area contributed by atoms with E-state index in [0.717, 1.165) is 7.11 Å². The molecule has 1 aromatic rings. The molecule has 0 aromatic heterocycles. The number of hydrogen-bond acceptors (Lipinski definition) is 3. The van der Waals surface area contributed by atoms with Gasteiger partial charge in [-0.3, -0.25) is 9.36 Å². The van der Waals surface area contributed by atoms with E-state index in [1.807, 2.05) is 0 Å². The maximum absolute atomic E-state index is 11.3. The van der Waals surface area contributed by atoms with Gasteiger partial charge in [0.2, 0.25) is 0 Å². The number of benzene rings is 1. The van der Waals surface area contributed by atoms with Crippen molar-refractivity contribution in [1.29, 1.82) is 0 Å². The first-order valence-electron chi connectivity index (χ1n) is 3.56. The molecule has 1 aromatic carbocycles. The largest absolute Gasteiger partial charge is 0.398 e. The third-order valence-electron chi connectivity index (χ3n) is 1.52. The minimum Gasteiger partial charge on any atom is -0.319 e. The molecule has 0 amide bonds. The Morgan fingerprint density at radius 3 is 2.29 bits per heavy atom. The predicted molar refractivity (Wildman–Crippen MR) is 53.4 cm³/mol. The zero-order chi connectivity index (χ0) is 9.90. The molecule has 1 unspecified atom stereocenters. The van der Waals surface area contributed by atoms with Gasteiger partial charge in [0.15, 0.2) is 0 Å². The van der Waals surface area contributed by atoms with Crippen LogP contribution in [0.5, 0.6) is 0 Å². The van der Waals surface area contributed by atoms with Gasteiger partial charge < -0.3 is 9.42 Å². The van der Waals surface area contributed by atoms with Crippen LogP contribution >= 0.6 is 7.60 Å². The van der Waals surface area contributed by atoms with Crippen LogP contribution in [0, 0.1) is 0 Å². The Morgan fingerprint density at radius 1 is 1.36 bits per heavy atom. The summed E-state index contributed by atoms with van der Waals surface area (Å²) in [6.07, 6.45) is 0. The van der Waals surface area contributed by atoms with Crippen molar-refractivity contribution in [3.63, 3.8) is 0 Å². The predicted octanol–water partition coefficient (Wildman–Crippen LogP) is 1.28. The van der Waals surface area contributed by atoms with Crippen molar-refractivity contribution in [2.75, 3.05) is 7.11 Å². The van der Waals surface area contributed by atoms with E-state index in [2.05, 4.69) is 4.52 Å². The zero-order valence-electron chi connectivity index (χ0n) is 8.01. The van der Waals surface area contributed by atoms with Crippen LogP contribution in [0.15, 0.2) is 30.3 Å². The van der Waals surface area contributed by atoms with Gasteiger partial charge in [0.1, 0.15) is 0 Å². The van der Waals surface area contributed by atoms with Gasteiger partial charge in [0.05, 0.1) is 0 Å². The molecule has 71 valence electrons. The molecule has 4 nitrogen and oxygen atoms in total. The fraction of sp³-hybridized carbons (Fsp3) is 0.125. The summed E-state index contributed by atoms with van der Waals surface area (Å²) in [5.74, 6) is 0. The van der Waals surface area contributed by atoms with Gasteiger partial charge in [-0.1, -0.05) is 30.3 Å². The minimum absolute atomic E-state index is 0. The molecule has 0 aliphatic rings. The van der Waals surface area contributed by atoms with E-state index < -0.39 is 13.1 Å². The maximum Gasteiger partial charge on any atom is 0.398 e. The summed E-state index contributed by atoms with van der Waals surface area (Å²) in [5.41, 5.74) is -0.703. The number of hydrogen-bond donors (Lipinski definition) is 1. The summed E-state index contributed by atoms with van der Waals surface area (Å²) in [5, 5.41) is 0. The first-order chi connectivity index (χ1) is 6.08. The average molecular weight is 223 g/mol. The summed E-state index contributed by atoms with van der Waals surface area (Å²) < 4.78 is 15.3. The first kappa shape index (κ1) is 14.0. The third-order valence-corrected chi connectivity index (χ3v) is 2.79. The summed E-state index contributed by atoms with van der Waals surface area (Å²) in [7, 11) is -3.10. The molecule has 1 N–H and O–H groups in total. The summed E-state index contributed by atoms with van der Waals surface area (Å²) in [4.78, 5) is 20.3. The van der Waals surface area contributed by atoms with Crippen LogP contribution in [-0.4, -0.2) is 47.1 Å². The molecule has 0 heterocycles.